The summed E-state index contributed by atoms with van der Waals surface area (Å²) in [4.78, 5) is 29.5. The molecule has 6 N–H and O–H groups in total. The van der Waals surface area contributed by atoms with Gasteiger partial charge in [0.1, 0.15) is 12.2 Å². The van der Waals surface area contributed by atoms with E-state index in [-0.39, 0.29) is 46.3 Å². The normalized spacial score (nSPS) is 11.1. The van der Waals surface area contributed by atoms with Crippen LogP contribution < -0.4 is 26.8 Å². The Morgan fingerprint density at radius 1 is 1.23 bits per heavy atom. The van der Waals surface area contributed by atoms with Crippen molar-refractivity contribution < 1.29 is 18.0 Å². The molecule has 2 aromatic rings. The summed E-state index contributed by atoms with van der Waals surface area (Å²) >= 11 is 11.7. The quantitative estimate of drug-likeness (QED) is 0.150. The van der Waals surface area contributed by atoms with Gasteiger partial charge in [-0.1, -0.05) is 23.2 Å². The number of nitrogens with one attached hydrogen (secondary N) is 4. The van der Waals surface area contributed by atoms with Gasteiger partial charge >= 0.3 is 0 Å². The van der Waals surface area contributed by atoms with Crippen LogP contribution in [0.15, 0.2) is 40.0 Å². The van der Waals surface area contributed by atoms with Crippen LogP contribution in [-0.2, 0) is 26.2 Å². The molecule has 0 aliphatic rings. The summed E-state index contributed by atoms with van der Waals surface area (Å²) in [6, 6.07) is 6.56. The van der Waals surface area contributed by atoms with Crippen molar-refractivity contribution >= 4 is 50.8 Å². The number of hydroxylamine groups is 1. The third kappa shape index (κ3) is 7.14. The largest absolute Gasteiger partial charge is 0.368 e. The van der Waals surface area contributed by atoms with Crippen molar-refractivity contribution in [1.29, 1.82) is 5.41 Å². The van der Waals surface area contributed by atoms with Crippen LogP contribution in [0, 0.1) is 12.3 Å². The summed E-state index contributed by atoms with van der Waals surface area (Å²) in [7, 11) is -4.15. The first-order valence-corrected chi connectivity index (χ1v) is 10.9. The van der Waals surface area contributed by atoms with Crippen LogP contribution in [0.4, 0.5) is 5.69 Å². The molecule has 11 nitrogen and oxygen atoms in total. The number of guanidine groups is 1. The first-order valence-electron chi connectivity index (χ1n) is 8.67. The molecule has 0 bridgehead atoms. The number of aromatic nitrogens is 1. The zero-order valence-corrected chi connectivity index (χ0v) is 18.6. The fraction of sp³-hybridized carbons (Fsp3) is 0.235. The maximum atomic E-state index is 12.8. The average molecular weight is 491 g/mol. The number of hydrogen-bond donors (Lipinski definition) is 5. The number of hydrogen-bond acceptors (Lipinski definition) is 6. The number of carbonyl (C=O) groups excluding carboxylic acids is 1. The van der Waals surface area contributed by atoms with Crippen molar-refractivity contribution in [2.75, 3.05) is 17.9 Å². The topological polar surface area (TPSA) is 168 Å². The van der Waals surface area contributed by atoms with E-state index in [0.29, 0.717) is 5.69 Å². The van der Waals surface area contributed by atoms with Crippen LogP contribution in [0.25, 0.3) is 0 Å². The highest BCUT2D eigenvalue weighted by Gasteiger charge is 2.19. The second kappa shape index (κ2) is 10.5. The van der Waals surface area contributed by atoms with E-state index in [1.807, 2.05) is 0 Å². The van der Waals surface area contributed by atoms with E-state index < -0.39 is 21.5 Å². The van der Waals surface area contributed by atoms with Gasteiger partial charge in [-0.2, -0.15) is 0 Å². The number of amides is 1. The lowest BCUT2D eigenvalue weighted by Gasteiger charge is -2.14. The van der Waals surface area contributed by atoms with Gasteiger partial charge in [-0.15, -0.1) is 0 Å². The number of nitrogens with two attached hydrogens (primary N) is 1. The summed E-state index contributed by atoms with van der Waals surface area (Å²) in [5, 5.41) is 9.68. The molecule has 0 atom stereocenters. The SMILES string of the molecule is Cc1ccc(NS(=O)(=O)c2cc(Cl)cc(Cl)c2)c(=O)n1CC(=O)NCCONC(=N)N. The molecular formula is C17H20Cl2N6O5S. The number of benzene rings is 1. The lowest BCUT2D eigenvalue weighted by Crippen LogP contribution is -2.37. The fourth-order valence-corrected chi connectivity index (χ4v) is 4.18. The predicted molar refractivity (Wildman–Crippen MR) is 117 cm³/mol. The number of halogens is 2. The van der Waals surface area contributed by atoms with Gasteiger partial charge in [0, 0.05) is 22.3 Å². The second-order valence-corrected chi connectivity index (χ2v) is 8.76. The highest BCUT2D eigenvalue weighted by Crippen LogP contribution is 2.23. The molecule has 2 rings (SSSR count). The number of rotatable bonds is 9. The third-order valence-electron chi connectivity index (χ3n) is 3.79. The zero-order valence-electron chi connectivity index (χ0n) is 16.2. The van der Waals surface area contributed by atoms with Gasteiger partial charge in [-0.05, 0) is 37.3 Å². The monoisotopic (exact) mass is 490 g/mol. The smallest absolute Gasteiger partial charge is 0.275 e. The van der Waals surface area contributed by atoms with E-state index in [2.05, 4.69) is 15.5 Å². The van der Waals surface area contributed by atoms with E-state index in [0.717, 1.165) is 4.57 Å². The van der Waals surface area contributed by atoms with Crippen molar-refractivity contribution in [2.24, 2.45) is 5.73 Å². The van der Waals surface area contributed by atoms with E-state index in [1.54, 1.807) is 6.92 Å². The van der Waals surface area contributed by atoms with Gasteiger partial charge in [-0.25, -0.2) is 13.9 Å². The Bertz CT molecular complexity index is 1130. The number of pyridine rings is 1. The maximum Gasteiger partial charge on any atom is 0.275 e. The van der Waals surface area contributed by atoms with Gasteiger partial charge in [0.05, 0.1) is 11.5 Å². The van der Waals surface area contributed by atoms with E-state index in [4.69, 9.17) is 39.2 Å². The third-order valence-corrected chi connectivity index (χ3v) is 5.57. The van der Waals surface area contributed by atoms with Crippen LogP contribution in [0.5, 0.6) is 0 Å². The molecule has 0 radical (unpaired) electrons. The molecule has 14 heteroatoms. The minimum absolute atomic E-state index is 0.0290. The Morgan fingerprint density at radius 3 is 2.48 bits per heavy atom. The second-order valence-electron chi connectivity index (χ2n) is 6.20. The molecular weight excluding hydrogens is 471 g/mol. The molecule has 0 unspecified atom stereocenters. The summed E-state index contributed by atoms with van der Waals surface area (Å²) in [5.41, 5.74) is 6.64. The molecule has 1 heterocycles. The Labute approximate surface area is 188 Å². The first kappa shape index (κ1) is 24.5. The summed E-state index contributed by atoms with van der Waals surface area (Å²) < 4.78 is 28.6. The highest BCUT2D eigenvalue weighted by molar-refractivity contribution is 7.92. The van der Waals surface area contributed by atoms with Gasteiger partial charge in [-0.3, -0.25) is 24.6 Å². The van der Waals surface area contributed by atoms with Crippen molar-refractivity contribution in [1.82, 2.24) is 15.4 Å². The molecule has 0 spiro atoms. The molecule has 1 aromatic heterocycles. The standard InChI is InChI=1S/C17H20Cl2N6O5S/c1-10-2-3-14(24-31(28,29)13-7-11(18)6-12(19)8-13)16(27)25(10)9-15(26)22-4-5-30-23-17(20)21/h2-3,6-8,24H,4-5,9H2,1H3,(H,22,26)(H4,20,21,23). The van der Waals surface area contributed by atoms with Crippen LogP contribution in [0.3, 0.4) is 0 Å². The van der Waals surface area contributed by atoms with Crippen molar-refractivity contribution in [3.05, 3.63) is 56.4 Å². The Kier molecular flexibility index (Phi) is 8.28. The van der Waals surface area contributed by atoms with Gasteiger partial charge in [0.25, 0.3) is 15.6 Å². The minimum atomic E-state index is -4.15. The van der Waals surface area contributed by atoms with E-state index in [9.17, 15) is 18.0 Å². The average Bonchev–Trinajstić information content (AvgIpc) is 2.66. The number of nitrogens with zero attached hydrogens (tertiary/aromatic N) is 1. The summed E-state index contributed by atoms with van der Waals surface area (Å²) in [6.07, 6.45) is 0. The van der Waals surface area contributed by atoms with Crippen LogP contribution in [-0.4, -0.2) is 38.0 Å². The lowest BCUT2D eigenvalue weighted by molar-refractivity contribution is -0.122. The maximum absolute atomic E-state index is 12.8. The Balaban J connectivity index is 2.14. The molecule has 0 aliphatic heterocycles. The minimum Gasteiger partial charge on any atom is -0.368 e. The van der Waals surface area contributed by atoms with Gasteiger partial charge < -0.3 is 15.6 Å². The van der Waals surface area contributed by atoms with Gasteiger partial charge in [0.2, 0.25) is 11.9 Å². The van der Waals surface area contributed by atoms with Crippen LogP contribution in [0.1, 0.15) is 5.69 Å². The number of sulfonamides is 1. The molecule has 0 fully saturated rings. The fourth-order valence-electron chi connectivity index (χ4n) is 2.40. The number of aryl methyl sites for hydroxylation is 1. The zero-order chi connectivity index (χ0) is 23.2. The Hall–Kier alpha value is -2.80. The summed E-state index contributed by atoms with van der Waals surface area (Å²) in [6.45, 7) is 1.38. The molecule has 0 aliphatic carbocycles. The van der Waals surface area contributed by atoms with Crippen molar-refractivity contribution in [3.63, 3.8) is 0 Å². The van der Waals surface area contributed by atoms with E-state index in [1.165, 1.54) is 30.3 Å². The Morgan fingerprint density at radius 2 is 1.87 bits per heavy atom. The van der Waals surface area contributed by atoms with Crippen LogP contribution >= 0.6 is 23.2 Å². The van der Waals surface area contributed by atoms with Gasteiger partial charge in [0.15, 0.2) is 0 Å². The predicted octanol–water partition coefficient (Wildman–Crippen LogP) is 0.795. The number of anilines is 1. The molecule has 31 heavy (non-hydrogen) atoms. The van der Waals surface area contributed by atoms with Crippen LogP contribution in [0.2, 0.25) is 10.0 Å². The van der Waals surface area contributed by atoms with Crippen molar-refractivity contribution in [3.8, 4) is 0 Å². The van der Waals surface area contributed by atoms with E-state index >= 15 is 0 Å². The molecule has 168 valence electrons. The lowest BCUT2D eigenvalue weighted by atomic mass is 10.3. The number of carbonyl (C=O) groups is 1. The molecule has 1 aromatic carbocycles. The molecule has 1 amide bonds. The van der Waals surface area contributed by atoms with Crippen molar-refractivity contribution in [2.45, 2.75) is 18.4 Å². The first-order chi connectivity index (χ1) is 14.5. The molecule has 0 saturated carbocycles. The summed E-state index contributed by atoms with van der Waals surface area (Å²) in [5.74, 6) is -0.883. The molecule has 0 saturated heterocycles. The highest BCUT2D eigenvalue weighted by atomic mass is 35.5.